The van der Waals surface area contributed by atoms with E-state index in [0.29, 0.717) is 22.2 Å². The summed E-state index contributed by atoms with van der Waals surface area (Å²) in [5, 5.41) is 9.35. The van der Waals surface area contributed by atoms with Gasteiger partial charge in [0.25, 0.3) is 0 Å². The summed E-state index contributed by atoms with van der Waals surface area (Å²) in [6.45, 7) is 0. The summed E-state index contributed by atoms with van der Waals surface area (Å²) in [5.41, 5.74) is 0.919. The predicted octanol–water partition coefficient (Wildman–Crippen LogP) is 1.41. The number of nitrogens with one attached hydrogen (secondary N) is 1. The van der Waals surface area contributed by atoms with Crippen molar-refractivity contribution in [2.45, 2.75) is 0 Å². The van der Waals surface area contributed by atoms with Crippen LogP contribution in [0.25, 0.3) is 10.9 Å². The van der Waals surface area contributed by atoms with Crippen molar-refractivity contribution in [2.75, 3.05) is 7.11 Å². The maximum atomic E-state index is 11.5. The zero-order chi connectivity index (χ0) is 10.8. The molecular formula is C11H8N2O2. The average molecular weight is 200 g/mol. The van der Waals surface area contributed by atoms with Crippen LogP contribution in [0.2, 0.25) is 0 Å². The van der Waals surface area contributed by atoms with Crippen LogP contribution >= 0.6 is 0 Å². The van der Waals surface area contributed by atoms with Gasteiger partial charge >= 0.3 is 0 Å². The van der Waals surface area contributed by atoms with Gasteiger partial charge in [-0.15, -0.1) is 0 Å². The molecule has 15 heavy (non-hydrogen) atoms. The van der Waals surface area contributed by atoms with Gasteiger partial charge < -0.3 is 9.72 Å². The number of nitrogens with zero attached hydrogens (tertiary/aromatic N) is 1. The van der Waals surface area contributed by atoms with Crippen LogP contribution in [0.5, 0.6) is 5.75 Å². The van der Waals surface area contributed by atoms with Crippen LogP contribution in [0.1, 0.15) is 5.56 Å². The summed E-state index contributed by atoms with van der Waals surface area (Å²) < 4.78 is 5.04. The first-order chi connectivity index (χ1) is 7.26. The number of methoxy groups -OCH3 is 1. The van der Waals surface area contributed by atoms with E-state index in [0.717, 1.165) is 0 Å². The molecule has 0 unspecified atom stereocenters. The number of ether oxygens (including phenoxy) is 1. The monoisotopic (exact) mass is 200 g/mol. The standard InChI is InChI=1S/C11H8N2O2/c1-15-11-5-9-8(4-7(11)6-12)10(14)2-3-13-9/h2-5H,1H3,(H,13,14). The van der Waals surface area contributed by atoms with E-state index in [1.165, 1.54) is 19.2 Å². The molecule has 0 amide bonds. The highest BCUT2D eigenvalue weighted by molar-refractivity contribution is 5.82. The van der Waals surface area contributed by atoms with Gasteiger partial charge in [-0.25, -0.2) is 0 Å². The smallest absolute Gasteiger partial charge is 0.189 e. The van der Waals surface area contributed by atoms with Crippen LogP contribution in [-0.4, -0.2) is 12.1 Å². The van der Waals surface area contributed by atoms with Crippen LogP contribution < -0.4 is 10.2 Å². The molecule has 4 heteroatoms. The summed E-state index contributed by atoms with van der Waals surface area (Å²) >= 11 is 0. The normalized spacial score (nSPS) is 9.87. The van der Waals surface area contributed by atoms with Crippen molar-refractivity contribution < 1.29 is 4.74 Å². The number of pyridine rings is 1. The second-order valence-electron chi connectivity index (χ2n) is 3.05. The summed E-state index contributed by atoms with van der Waals surface area (Å²) in [7, 11) is 1.49. The first kappa shape index (κ1) is 9.28. The van der Waals surface area contributed by atoms with Crippen LogP contribution in [0.15, 0.2) is 29.2 Å². The minimum atomic E-state index is -0.108. The number of fused-ring (bicyclic) bond motifs is 1. The molecule has 74 valence electrons. The van der Waals surface area contributed by atoms with Crippen LogP contribution in [0, 0.1) is 11.3 Å². The van der Waals surface area contributed by atoms with Crippen LogP contribution in [0.3, 0.4) is 0 Å². The van der Waals surface area contributed by atoms with Crippen molar-refractivity contribution in [3.05, 3.63) is 40.2 Å². The number of hydrogen-bond acceptors (Lipinski definition) is 3. The Morgan fingerprint density at radius 1 is 1.47 bits per heavy atom. The molecule has 0 saturated heterocycles. The zero-order valence-corrected chi connectivity index (χ0v) is 8.07. The molecule has 2 rings (SSSR count). The van der Waals surface area contributed by atoms with Crippen molar-refractivity contribution in [2.24, 2.45) is 0 Å². The highest BCUT2D eigenvalue weighted by Gasteiger charge is 2.06. The lowest BCUT2D eigenvalue weighted by molar-refractivity contribution is 0.414. The number of benzene rings is 1. The van der Waals surface area contributed by atoms with E-state index >= 15 is 0 Å². The lowest BCUT2D eigenvalue weighted by Crippen LogP contribution is -2.01. The van der Waals surface area contributed by atoms with E-state index < -0.39 is 0 Å². The number of aromatic amines is 1. The van der Waals surface area contributed by atoms with Crippen LogP contribution in [0.4, 0.5) is 0 Å². The quantitative estimate of drug-likeness (QED) is 0.756. The third kappa shape index (κ3) is 1.44. The molecule has 0 aliphatic heterocycles. The highest BCUT2D eigenvalue weighted by Crippen LogP contribution is 2.21. The second-order valence-corrected chi connectivity index (χ2v) is 3.05. The van der Waals surface area contributed by atoms with Gasteiger partial charge in [-0.2, -0.15) is 5.26 Å². The van der Waals surface area contributed by atoms with E-state index in [1.54, 1.807) is 12.3 Å². The predicted molar refractivity (Wildman–Crippen MR) is 55.8 cm³/mol. The van der Waals surface area contributed by atoms with E-state index in [4.69, 9.17) is 10.00 Å². The molecule has 1 aromatic carbocycles. The maximum absolute atomic E-state index is 11.5. The highest BCUT2D eigenvalue weighted by atomic mass is 16.5. The minimum Gasteiger partial charge on any atom is -0.495 e. The molecule has 1 aromatic heterocycles. The number of H-pyrrole nitrogens is 1. The van der Waals surface area contributed by atoms with Crippen molar-refractivity contribution in [3.8, 4) is 11.8 Å². The van der Waals surface area contributed by atoms with Gasteiger partial charge in [0.15, 0.2) is 5.43 Å². The van der Waals surface area contributed by atoms with Gasteiger partial charge in [-0.3, -0.25) is 4.79 Å². The van der Waals surface area contributed by atoms with Crippen molar-refractivity contribution in [1.82, 2.24) is 4.98 Å². The Bertz CT molecular complexity index is 608. The van der Waals surface area contributed by atoms with Gasteiger partial charge in [-0.05, 0) is 6.07 Å². The zero-order valence-electron chi connectivity index (χ0n) is 8.07. The molecular weight excluding hydrogens is 192 g/mol. The molecule has 0 bridgehead atoms. The lowest BCUT2D eigenvalue weighted by atomic mass is 10.1. The van der Waals surface area contributed by atoms with E-state index in [9.17, 15) is 4.79 Å². The fraction of sp³-hybridized carbons (Fsp3) is 0.0909. The Labute approximate surface area is 85.7 Å². The summed E-state index contributed by atoms with van der Waals surface area (Å²) in [6.07, 6.45) is 1.57. The molecule has 0 saturated carbocycles. The Morgan fingerprint density at radius 2 is 2.27 bits per heavy atom. The van der Waals surface area contributed by atoms with Crippen molar-refractivity contribution >= 4 is 10.9 Å². The minimum absolute atomic E-state index is 0.108. The topological polar surface area (TPSA) is 65.9 Å². The largest absolute Gasteiger partial charge is 0.495 e. The number of aromatic nitrogens is 1. The molecule has 0 fully saturated rings. The molecule has 0 aliphatic carbocycles. The second kappa shape index (κ2) is 3.46. The fourth-order valence-corrected chi connectivity index (χ4v) is 1.46. The average Bonchev–Trinajstić information content (AvgIpc) is 2.28. The Morgan fingerprint density at radius 3 is 2.93 bits per heavy atom. The summed E-state index contributed by atoms with van der Waals surface area (Å²) in [6, 6.07) is 6.60. The van der Waals surface area contributed by atoms with Gasteiger partial charge in [0.05, 0.1) is 18.2 Å². The number of hydrogen-bond donors (Lipinski definition) is 1. The number of rotatable bonds is 1. The fourth-order valence-electron chi connectivity index (χ4n) is 1.46. The molecule has 0 spiro atoms. The van der Waals surface area contributed by atoms with Gasteiger partial charge in [0.1, 0.15) is 11.8 Å². The Kier molecular flexibility index (Phi) is 2.14. The van der Waals surface area contributed by atoms with Gasteiger partial charge in [0, 0.05) is 23.7 Å². The summed E-state index contributed by atoms with van der Waals surface area (Å²) in [5.74, 6) is 0.465. The van der Waals surface area contributed by atoms with Gasteiger partial charge in [0.2, 0.25) is 0 Å². The molecule has 1 heterocycles. The van der Waals surface area contributed by atoms with E-state index in [2.05, 4.69) is 4.98 Å². The molecule has 0 atom stereocenters. The van der Waals surface area contributed by atoms with Crippen molar-refractivity contribution in [1.29, 1.82) is 5.26 Å². The SMILES string of the molecule is COc1cc2[nH]ccc(=O)c2cc1C#N. The lowest BCUT2D eigenvalue weighted by Gasteiger charge is -2.04. The van der Waals surface area contributed by atoms with Crippen molar-refractivity contribution in [3.63, 3.8) is 0 Å². The van der Waals surface area contributed by atoms with E-state index in [-0.39, 0.29) is 5.43 Å². The van der Waals surface area contributed by atoms with Gasteiger partial charge in [-0.1, -0.05) is 0 Å². The molecule has 1 N–H and O–H groups in total. The maximum Gasteiger partial charge on any atom is 0.189 e. The third-order valence-electron chi connectivity index (χ3n) is 2.20. The molecule has 4 nitrogen and oxygen atoms in total. The first-order valence-electron chi connectivity index (χ1n) is 4.36. The van der Waals surface area contributed by atoms with E-state index in [1.807, 2.05) is 6.07 Å². The molecule has 0 aliphatic rings. The summed E-state index contributed by atoms with van der Waals surface area (Å²) in [4.78, 5) is 14.4. The molecule has 0 radical (unpaired) electrons. The Hall–Kier alpha value is -2.28. The first-order valence-corrected chi connectivity index (χ1v) is 4.36. The molecule has 2 aromatic rings. The Balaban J connectivity index is 2.89. The van der Waals surface area contributed by atoms with Crippen LogP contribution in [-0.2, 0) is 0 Å². The third-order valence-corrected chi connectivity index (χ3v) is 2.20. The number of nitriles is 1.